The second-order valence-corrected chi connectivity index (χ2v) is 16.4. The molecule has 0 rings (SSSR count). The molecule has 57 heavy (non-hydrogen) atoms. The van der Waals surface area contributed by atoms with Crippen molar-refractivity contribution in [3.05, 3.63) is 36.5 Å². The lowest BCUT2D eigenvalue weighted by molar-refractivity contribution is -0.167. The molecule has 0 heterocycles. The molecule has 6 heteroatoms. The van der Waals surface area contributed by atoms with E-state index in [0.717, 1.165) is 83.5 Å². The number of carbonyl (C=O) groups excluding carboxylic acids is 3. The fraction of sp³-hybridized carbons (Fsp3) is 0.824. The lowest BCUT2D eigenvalue weighted by Gasteiger charge is -2.18. The third-order valence-corrected chi connectivity index (χ3v) is 10.7. The van der Waals surface area contributed by atoms with Gasteiger partial charge in [0, 0.05) is 19.3 Å². The fourth-order valence-electron chi connectivity index (χ4n) is 6.99. The minimum absolute atomic E-state index is 0.0730. The van der Waals surface area contributed by atoms with Crippen LogP contribution < -0.4 is 0 Å². The molecule has 0 aromatic carbocycles. The highest BCUT2D eigenvalue weighted by atomic mass is 16.6. The second kappa shape index (κ2) is 46.3. The van der Waals surface area contributed by atoms with E-state index in [1.165, 1.54) is 128 Å². The highest BCUT2D eigenvalue weighted by Crippen LogP contribution is 2.16. The predicted molar refractivity (Wildman–Crippen MR) is 242 cm³/mol. The normalized spacial score (nSPS) is 12.3. The molecule has 0 aromatic rings. The van der Waals surface area contributed by atoms with Crippen molar-refractivity contribution in [1.82, 2.24) is 0 Å². The van der Waals surface area contributed by atoms with E-state index < -0.39 is 6.10 Å². The van der Waals surface area contributed by atoms with Crippen LogP contribution in [0.4, 0.5) is 0 Å². The van der Waals surface area contributed by atoms with Crippen molar-refractivity contribution >= 4 is 17.9 Å². The molecule has 0 aromatic heterocycles. The minimum Gasteiger partial charge on any atom is -0.462 e. The average Bonchev–Trinajstić information content (AvgIpc) is 3.21. The maximum atomic E-state index is 12.7. The highest BCUT2D eigenvalue weighted by molar-refractivity contribution is 5.71. The van der Waals surface area contributed by atoms with Crippen molar-refractivity contribution in [2.75, 3.05) is 13.2 Å². The molecule has 0 spiro atoms. The number of unbranched alkanes of at least 4 members (excludes halogenated alkanes) is 27. The molecular formula is C51H92O6. The molecular weight excluding hydrogens is 709 g/mol. The number of ether oxygens (including phenoxy) is 3. The number of hydrogen-bond donors (Lipinski definition) is 0. The summed E-state index contributed by atoms with van der Waals surface area (Å²) in [4.78, 5) is 37.7. The van der Waals surface area contributed by atoms with Crippen LogP contribution in [0.5, 0.6) is 0 Å². The number of hydrogen-bond acceptors (Lipinski definition) is 6. The van der Waals surface area contributed by atoms with Gasteiger partial charge in [-0.05, 0) is 51.4 Å². The molecule has 0 aliphatic carbocycles. The zero-order valence-corrected chi connectivity index (χ0v) is 37.9. The van der Waals surface area contributed by atoms with Crippen molar-refractivity contribution < 1.29 is 28.6 Å². The van der Waals surface area contributed by atoms with Crippen LogP contribution in [0.15, 0.2) is 36.5 Å². The van der Waals surface area contributed by atoms with Crippen LogP contribution in [-0.4, -0.2) is 37.2 Å². The standard InChI is InChI=1S/C51H92O6/c1-4-7-10-13-16-18-20-22-24-26-28-29-31-33-35-38-41-44-50(53)56-47-48(46-55-49(52)43-40-37-15-12-9-6-3)57-51(54)45-42-39-36-34-32-30-27-25-23-21-19-17-14-11-8-5-2/h7,10,16,18,22,24,48H,4-6,8-9,11-15,17,19-21,23,25-47H2,1-3H3/b10-7-,18-16-,24-22-. The Balaban J connectivity index is 4.22. The molecule has 0 fully saturated rings. The first-order chi connectivity index (χ1) is 28.0. The third kappa shape index (κ3) is 44.6. The van der Waals surface area contributed by atoms with Crippen LogP contribution in [-0.2, 0) is 28.6 Å². The fourth-order valence-corrected chi connectivity index (χ4v) is 6.99. The summed E-state index contributed by atoms with van der Waals surface area (Å²) >= 11 is 0. The van der Waals surface area contributed by atoms with Gasteiger partial charge in [0.1, 0.15) is 13.2 Å². The zero-order chi connectivity index (χ0) is 41.5. The molecule has 0 saturated carbocycles. The van der Waals surface area contributed by atoms with E-state index in [-0.39, 0.29) is 31.1 Å². The molecule has 0 radical (unpaired) electrons. The van der Waals surface area contributed by atoms with E-state index in [0.29, 0.717) is 19.3 Å². The van der Waals surface area contributed by atoms with Crippen molar-refractivity contribution in [3.63, 3.8) is 0 Å². The summed E-state index contributed by atoms with van der Waals surface area (Å²) in [5, 5.41) is 0. The van der Waals surface area contributed by atoms with Gasteiger partial charge in [0.25, 0.3) is 0 Å². The largest absolute Gasteiger partial charge is 0.462 e. The Kier molecular flexibility index (Phi) is 44.4. The summed E-state index contributed by atoms with van der Waals surface area (Å²) in [6.07, 6.45) is 52.9. The average molecular weight is 801 g/mol. The van der Waals surface area contributed by atoms with Gasteiger partial charge >= 0.3 is 17.9 Å². The molecule has 0 aliphatic heterocycles. The molecule has 332 valence electrons. The molecule has 0 bridgehead atoms. The maximum absolute atomic E-state index is 12.7. The van der Waals surface area contributed by atoms with Gasteiger partial charge in [-0.3, -0.25) is 14.4 Å². The Bertz CT molecular complexity index is 969. The Labute approximate surface area is 353 Å². The van der Waals surface area contributed by atoms with E-state index in [1.807, 2.05) is 0 Å². The predicted octanol–water partition coefficient (Wildman–Crippen LogP) is 15.8. The molecule has 0 saturated heterocycles. The molecule has 1 unspecified atom stereocenters. The Hall–Kier alpha value is -2.37. The van der Waals surface area contributed by atoms with Gasteiger partial charge in [-0.25, -0.2) is 0 Å². The lowest BCUT2D eigenvalue weighted by Crippen LogP contribution is -2.30. The first kappa shape index (κ1) is 54.6. The van der Waals surface area contributed by atoms with Crippen molar-refractivity contribution in [1.29, 1.82) is 0 Å². The number of carbonyl (C=O) groups is 3. The lowest BCUT2D eigenvalue weighted by atomic mass is 10.0. The van der Waals surface area contributed by atoms with Gasteiger partial charge in [-0.15, -0.1) is 0 Å². The van der Waals surface area contributed by atoms with Crippen LogP contribution in [0.2, 0.25) is 0 Å². The number of allylic oxidation sites excluding steroid dienone is 6. The van der Waals surface area contributed by atoms with E-state index in [2.05, 4.69) is 57.2 Å². The maximum Gasteiger partial charge on any atom is 0.306 e. The first-order valence-corrected chi connectivity index (χ1v) is 24.5. The number of rotatable bonds is 44. The van der Waals surface area contributed by atoms with Crippen molar-refractivity contribution in [2.24, 2.45) is 0 Å². The van der Waals surface area contributed by atoms with E-state index in [1.54, 1.807) is 0 Å². The minimum atomic E-state index is -0.768. The first-order valence-electron chi connectivity index (χ1n) is 24.5. The van der Waals surface area contributed by atoms with Crippen LogP contribution in [0, 0.1) is 0 Å². The van der Waals surface area contributed by atoms with Crippen molar-refractivity contribution in [3.8, 4) is 0 Å². The zero-order valence-electron chi connectivity index (χ0n) is 37.9. The summed E-state index contributed by atoms with van der Waals surface area (Å²) in [5.41, 5.74) is 0. The van der Waals surface area contributed by atoms with E-state index in [4.69, 9.17) is 14.2 Å². The molecule has 0 amide bonds. The summed E-state index contributed by atoms with van der Waals surface area (Å²) in [5.74, 6) is -0.884. The monoisotopic (exact) mass is 801 g/mol. The van der Waals surface area contributed by atoms with E-state index >= 15 is 0 Å². The Morgan fingerprint density at radius 1 is 0.368 bits per heavy atom. The van der Waals surface area contributed by atoms with Crippen LogP contribution in [0.3, 0.4) is 0 Å². The van der Waals surface area contributed by atoms with Crippen molar-refractivity contribution in [2.45, 2.75) is 258 Å². The molecule has 0 N–H and O–H groups in total. The SMILES string of the molecule is CC/C=C\C/C=C\C/C=C\CCCCCCCCCC(=O)OCC(COC(=O)CCCCCCCC)OC(=O)CCCCCCCCCCCCCCCCCC. The second-order valence-electron chi connectivity index (χ2n) is 16.4. The quantitative estimate of drug-likeness (QED) is 0.0264. The Morgan fingerprint density at radius 2 is 0.684 bits per heavy atom. The Morgan fingerprint density at radius 3 is 1.07 bits per heavy atom. The van der Waals surface area contributed by atoms with Gasteiger partial charge < -0.3 is 14.2 Å². The van der Waals surface area contributed by atoms with Gasteiger partial charge in [0.05, 0.1) is 0 Å². The summed E-state index contributed by atoms with van der Waals surface area (Å²) in [6, 6.07) is 0. The van der Waals surface area contributed by atoms with Crippen LogP contribution in [0.1, 0.15) is 252 Å². The van der Waals surface area contributed by atoms with Gasteiger partial charge in [0.2, 0.25) is 0 Å². The van der Waals surface area contributed by atoms with Crippen LogP contribution >= 0.6 is 0 Å². The molecule has 0 aliphatic rings. The van der Waals surface area contributed by atoms with E-state index in [9.17, 15) is 14.4 Å². The number of esters is 3. The molecule has 1 atom stereocenters. The van der Waals surface area contributed by atoms with Gasteiger partial charge in [0.15, 0.2) is 6.10 Å². The summed E-state index contributed by atoms with van der Waals surface area (Å²) < 4.78 is 16.7. The summed E-state index contributed by atoms with van der Waals surface area (Å²) in [6.45, 7) is 6.48. The third-order valence-electron chi connectivity index (χ3n) is 10.7. The van der Waals surface area contributed by atoms with Gasteiger partial charge in [-0.2, -0.15) is 0 Å². The summed E-state index contributed by atoms with van der Waals surface area (Å²) in [7, 11) is 0. The topological polar surface area (TPSA) is 78.9 Å². The van der Waals surface area contributed by atoms with Crippen LogP contribution in [0.25, 0.3) is 0 Å². The molecule has 6 nitrogen and oxygen atoms in total. The highest BCUT2D eigenvalue weighted by Gasteiger charge is 2.19. The smallest absolute Gasteiger partial charge is 0.306 e. The van der Waals surface area contributed by atoms with Gasteiger partial charge in [-0.1, -0.05) is 218 Å².